The smallest absolute Gasteiger partial charge is 0.368 e. The van der Waals surface area contributed by atoms with Gasteiger partial charge in [0, 0.05) is 43.1 Å². The summed E-state index contributed by atoms with van der Waals surface area (Å²) in [5, 5.41) is 4.09. The molecule has 3 aromatic rings. The lowest BCUT2D eigenvalue weighted by atomic mass is 10.2. The predicted molar refractivity (Wildman–Crippen MR) is 105 cm³/mol. The van der Waals surface area contributed by atoms with Crippen LogP contribution in [0.2, 0.25) is 5.02 Å². The second kappa shape index (κ2) is 7.98. The minimum absolute atomic E-state index is 0.211. The average molecular weight is 440 g/mol. The van der Waals surface area contributed by atoms with E-state index in [1.54, 1.807) is 0 Å². The fraction of sp³-hybridized carbons (Fsp3) is 0.333. The Morgan fingerprint density at radius 2 is 1.80 bits per heavy atom. The van der Waals surface area contributed by atoms with Crippen molar-refractivity contribution >= 4 is 23.2 Å². The maximum Gasteiger partial charge on any atom is 0.435 e. The van der Waals surface area contributed by atoms with Crippen molar-refractivity contribution in [1.29, 1.82) is 0 Å². The summed E-state index contributed by atoms with van der Waals surface area (Å²) in [5.74, 6) is 0.290. The van der Waals surface area contributed by atoms with Crippen LogP contribution < -0.4 is 15.5 Å². The van der Waals surface area contributed by atoms with E-state index in [4.69, 9.17) is 11.6 Å². The molecule has 0 aliphatic carbocycles. The molecule has 3 heterocycles. The van der Waals surface area contributed by atoms with Gasteiger partial charge in [-0.05, 0) is 24.3 Å². The van der Waals surface area contributed by atoms with Crippen molar-refractivity contribution in [2.24, 2.45) is 0 Å². The van der Waals surface area contributed by atoms with E-state index in [-0.39, 0.29) is 6.67 Å². The number of benzene rings is 1. The highest BCUT2D eigenvalue weighted by Crippen LogP contribution is 2.27. The van der Waals surface area contributed by atoms with Crippen LogP contribution in [0.4, 0.5) is 24.8 Å². The first-order valence-corrected chi connectivity index (χ1v) is 9.47. The predicted octanol–water partition coefficient (Wildman–Crippen LogP) is 2.34. The Labute approximate surface area is 174 Å². The van der Waals surface area contributed by atoms with Crippen LogP contribution in [0.25, 0.3) is 0 Å². The van der Waals surface area contributed by atoms with Gasteiger partial charge in [0.15, 0.2) is 5.69 Å². The molecule has 0 N–H and O–H groups in total. The first kappa shape index (κ1) is 20.2. The number of hydrogen-bond donors (Lipinski definition) is 0. The van der Waals surface area contributed by atoms with E-state index in [1.165, 1.54) is 6.33 Å². The van der Waals surface area contributed by atoms with Gasteiger partial charge in [-0.2, -0.15) is 23.3 Å². The molecule has 1 aliphatic rings. The van der Waals surface area contributed by atoms with Crippen LogP contribution >= 0.6 is 11.6 Å². The molecule has 0 bridgehead atoms. The molecule has 0 spiro atoms. The molecule has 1 aliphatic heterocycles. The Bertz CT molecular complexity index is 1090. The van der Waals surface area contributed by atoms with Crippen molar-refractivity contribution in [2.45, 2.75) is 12.8 Å². The van der Waals surface area contributed by atoms with E-state index in [0.717, 1.165) is 27.2 Å². The SMILES string of the molecule is O=c1nc(N2CCN(c3cccc(Cl)c3)CC2)ncn1Cn1ccc(C(F)(F)F)n1. The highest BCUT2D eigenvalue weighted by molar-refractivity contribution is 6.30. The number of hydrogen-bond acceptors (Lipinski definition) is 6. The summed E-state index contributed by atoms with van der Waals surface area (Å²) in [6.45, 7) is 2.44. The van der Waals surface area contributed by atoms with Crippen molar-refractivity contribution < 1.29 is 13.2 Å². The van der Waals surface area contributed by atoms with Gasteiger partial charge in [0.25, 0.3) is 0 Å². The minimum Gasteiger partial charge on any atom is -0.368 e. The van der Waals surface area contributed by atoms with Crippen LogP contribution in [0.1, 0.15) is 5.69 Å². The second-order valence-electron chi connectivity index (χ2n) is 6.74. The average Bonchev–Trinajstić information content (AvgIpc) is 3.19. The van der Waals surface area contributed by atoms with Gasteiger partial charge in [0.1, 0.15) is 13.0 Å². The topological polar surface area (TPSA) is 72.1 Å². The van der Waals surface area contributed by atoms with Gasteiger partial charge in [0.05, 0.1) is 0 Å². The highest BCUT2D eigenvalue weighted by Gasteiger charge is 2.33. The zero-order valence-corrected chi connectivity index (χ0v) is 16.4. The van der Waals surface area contributed by atoms with Crippen molar-refractivity contribution in [2.75, 3.05) is 36.0 Å². The van der Waals surface area contributed by atoms with Crippen molar-refractivity contribution in [1.82, 2.24) is 24.3 Å². The summed E-state index contributed by atoms with van der Waals surface area (Å²) < 4.78 is 40.1. The molecular formula is C18H17ClF3N7O. The number of rotatable bonds is 4. The van der Waals surface area contributed by atoms with Gasteiger partial charge in [-0.3, -0.25) is 9.25 Å². The Morgan fingerprint density at radius 1 is 1.07 bits per heavy atom. The van der Waals surface area contributed by atoms with Crippen molar-refractivity contribution in [3.8, 4) is 0 Å². The molecule has 1 aromatic carbocycles. The lowest BCUT2D eigenvalue weighted by molar-refractivity contribution is -0.141. The zero-order valence-electron chi connectivity index (χ0n) is 15.6. The molecule has 2 aromatic heterocycles. The van der Waals surface area contributed by atoms with Gasteiger partial charge < -0.3 is 9.80 Å². The van der Waals surface area contributed by atoms with E-state index in [0.29, 0.717) is 37.1 Å². The third kappa shape index (κ3) is 4.40. The normalized spacial score (nSPS) is 14.9. The quantitative estimate of drug-likeness (QED) is 0.621. The van der Waals surface area contributed by atoms with E-state index in [9.17, 15) is 18.0 Å². The Balaban J connectivity index is 1.41. The van der Waals surface area contributed by atoms with Gasteiger partial charge in [-0.25, -0.2) is 9.78 Å². The Hall–Kier alpha value is -3.08. The molecule has 4 rings (SSSR count). The fourth-order valence-corrected chi connectivity index (χ4v) is 3.37. The molecule has 158 valence electrons. The molecule has 0 atom stereocenters. The lowest BCUT2D eigenvalue weighted by Gasteiger charge is -2.36. The van der Waals surface area contributed by atoms with Crippen LogP contribution in [0.15, 0.2) is 47.7 Å². The van der Waals surface area contributed by atoms with E-state index < -0.39 is 17.6 Å². The standard InChI is InChI=1S/C18H17ClF3N7O/c19-13-2-1-3-14(10-13)26-6-8-27(9-7-26)16-23-11-28(17(30)24-16)12-29-5-4-15(25-29)18(20,21)22/h1-5,10-11H,6-9,12H2. The van der Waals surface area contributed by atoms with Crippen LogP contribution in [0.5, 0.6) is 0 Å². The molecule has 12 heteroatoms. The Kier molecular flexibility index (Phi) is 5.37. The van der Waals surface area contributed by atoms with Crippen LogP contribution in [-0.2, 0) is 12.8 Å². The number of halogens is 4. The number of anilines is 2. The summed E-state index contributed by atoms with van der Waals surface area (Å²) in [6.07, 6.45) is -2.12. The first-order chi connectivity index (χ1) is 14.3. The lowest BCUT2D eigenvalue weighted by Crippen LogP contribution is -2.47. The maximum atomic E-state index is 12.6. The van der Waals surface area contributed by atoms with Crippen LogP contribution in [-0.4, -0.2) is 50.5 Å². The van der Waals surface area contributed by atoms with E-state index in [2.05, 4.69) is 20.0 Å². The minimum atomic E-state index is -4.54. The molecule has 1 saturated heterocycles. The fourth-order valence-electron chi connectivity index (χ4n) is 3.18. The molecule has 8 nitrogen and oxygen atoms in total. The third-order valence-corrected chi connectivity index (χ3v) is 4.95. The van der Waals surface area contributed by atoms with Crippen LogP contribution in [0, 0.1) is 0 Å². The number of aromatic nitrogens is 5. The van der Waals surface area contributed by atoms with Crippen LogP contribution in [0.3, 0.4) is 0 Å². The first-order valence-electron chi connectivity index (χ1n) is 9.09. The molecule has 0 saturated carbocycles. The van der Waals surface area contributed by atoms with Gasteiger partial charge in [-0.15, -0.1) is 0 Å². The van der Waals surface area contributed by atoms with Crippen molar-refractivity contribution in [3.05, 3.63) is 64.1 Å². The van der Waals surface area contributed by atoms with Gasteiger partial charge >= 0.3 is 11.9 Å². The van der Waals surface area contributed by atoms with Gasteiger partial charge in [0.2, 0.25) is 5.95 Å². The molecule has 0 radical (unpaired) electrons. The molecule has 30 heavy (non-hydrogen) atoms. The number of piperazine rings is 1. The van der Waals surface area contributed by atoms with Crippen molar-refractivity contribution in [3.63, 3.8) is 0 Å². The third-order valence-electron chi connectivity index (χ3n) is 4.72. The summed E-state index contributed by atoms with van der Waals surface area (Å²) in [4.78, 5) is 24.6. The molecule has 0 unspecified atom stereocenters. The summed E-state index contributed by atoms with van der Waals surface area (Å²) in [6, 6.07) is 8.44. The zero-order chi connectivity index (χ0) is 21.3. The number of alkyl halides is 3. The molecule has 0 amide bonds. The monoisotopic (exact) mass is 439 g/mol. The van der Waals surface area contributed by atoms with Gasteiger partial charge in [-0.1, -0.05) is 17.7 Å². The largest absolute Gasteiger partial charge is 0.435 e. The number of nitrogens with zero attached hydrogens (tertiary/aromatic N) is 7. The summed E-state index contributed by atoms with van der Waals surface area (Å²) >= 11 is 6.05. The highest BCUT2D eigenvalue weighted by atomic mass is 35.5. The molecular weight excluding hydrogens is 423 g/mol. The van der Waals surface area contributed by atoms with E-state index in [1.807, 2.05) is 29.2 Å². The summed E-state index contributed by atoms with van der Waals surface area (Å²) in [5.41, 5.74) is -0.608. The second-order valence-corrected chi connectivity index (χ2v) is 7.18. The Morgan fingerprint density at radius 3 is 2.43 bits per heavy atom. The summed E-state index contributed by atoms with van der Waals surface area (Å²) in [7, 11) is 0. The molecule has 1 fully saturated rings. The van der Waals surface area contributed by atoms with E-state index >= 15 is 0 Å². The maximum absolute atomic E-state index is 12.6.